The van der Waals surface area contributed by atoms with E-state index < -0.39 is 0 Å². The van der Waals surface area contributed by atoms with Crippen LogP contribution in [0.5, 0.6) is 6.01 Å². The average molecular weight is 385 g/mol. The van der Waals surface area contributed by atoms with Gasteiger partial charge in [0.2, 0.25) is 0 Å². The van der Waals surface area contributed by atoms with Gasteiger partial charge < -0.3 is 14.5 Å². The number of amidine groups is 1. The summed E-state index contributed by atoms with van der Waals surface area (Å²) >= 11 is 1.58. The van der Waals surface area contributed by atoms with Crippen LogP contribution in [0.15, 0.2) is 53.1 Å². The Labute approximate surface area is 161 Å². The Hall–Kier alpha value is -2.45. The number of aromatic nitrogens is 2. The molecule has 27 heavy (non-hydrogen) atoms. The van der Waals surface area contributed by atoms with Crippen LogP contribution in [0, 0.1) is 5.82 Å². The van der Waals surface area contributed by atoms with Gasteiger partial charge in [-0.25, -0.2) is 9.37 Å². The van der Waals surface area contributed by atoms with Crippen molar-refractivity contribution in [2.45, 2.75) is 12.1 Å². The van der Waals surface area contributed by atoms with Crippen LogP contribution in [0.1, 0.15) is 23.3 Å². The molecule has 0 N–H and O–H groups in total. The quantitative estimate of drug-likeness (QED) is 0.761. The van der Waals surface area contributed by atoms with E-state index in [1.54, 1.807) is 30.1 Å². The van der Waals surface area contributed by atoms with Gasteiger partial charge in [0.05, 0.1) is 5.69 Å². The van der Waals surface area contributed by atoms with E-state index in [0.717, 1.165) is 23.0 Å². The number of nitrogens with zero attached hydrogens (tertiary/aromatic N) is 5. The van der Waals surface area contributed by atoms with E-state index in [9.17, 15) is 4.39 Å². The zero-order valence-electron chi connectivity index (χ0n) is 15.1. The summed E-state index contributed by atoms with van der Waals surface area (Å²) in [5, 5.41) is 2.92. The summed E-state index contributed by atoms with van der Waals surface area (Å²) in [6.07, 6.45) is 3.71. The highest BCUT2D eigenvalue weighted by atomic mass is 32.2. The predicted molar refractivity (Wildman–Crippen MR) is 104 cm³/mol. The van der Waals surface area contributed by atoms with Crippen molar-refractivity contribution in [3.05, 3.63) is 65.2 Å². The van der Waals surface area contributed by atoms with Crippen molar-refractivity contribution >= 4 is 16.9 Å². The molecule has 0 spiro atoms. The van der Waals surface area contributed by atoms with E-state index in [1.165, 1.54) is 12.1 Å². The normalized spacial score (nSPS) is 20.9. The zero-order chi connectivity index (χ0) is 18.8. The van der Waals surface area contributed by atoms with Gasteiger partial charge in [0.1, 0.15) is 24.5 Å². The summed E-state index contributed by atoms with van der Waals surface area (Å²) in [7, 11) is 3.98. The second-order valence-corrected chi connectivity index (χ2v) is 7.45. The summed E-state index contributed by atoms with van der Waals surface area (Å²) < 4.78 is 19.0. The molecule has 6 nitrogen and oxygen atoms in total. The molecule has 1 aromatic carbocycles. The molecule has 2 aliphatic heterocycles. The number of likely N-dealkylation sites (N-methyl/N-ethyl adjacent to an activating group) is 1. The Morgan fingerprint density at radius 3 is 2.81 bits per heavy atom. The lowest BCUT2D eigenvalue weighted by Gasteiger charge is -2.25. The summed E-state index contributed by atoms with van der Waals surface area (Å²) in [5.41, 5.74) is 1.77. The molecule has 3 heterocycles. The van der Waals surface area contributed by atoms with Crippen molar-refractivity contribution < 1.29 is 9.13 Å². The molecule has 0 saturated heterocycles. The van der Waals surface area contributed by atoms with E-state index in [-0.39, 0.29) is 17.9 Å². The van der Waals surface area contributed by atoms with Gasteiger partial charge in [-0.2, -0.15) is 4.98 Å². The number of halogens is 1. The predicted octanol–water partition coefficient (Wildman–Crippen LogP) is 3.23. The number of benzene rings is 1. The SMILES string of the molecule is CN(C)CCOc1nccc(C2C(c3ccc(F)cc3)N=C3SC=CN32)n1. The standard InChI is InChI=1S/C19H20FN5OS/c1-24(2)9-11-26-18-21-8-7-15(22-18)17-16(13-3-5-14(20)6-4-13)23-19-25(17)10-12-27-19/h3-8,10,12,16-17H,9,11H2,1-2H3. The first-order chi connectivity index (χ1) is 13.1. The molecule has 2 atom stereocenters. The second kappa shape index (κ2) is 7.66. The lowest BCUT2D eigenvalue weighted by atomic mass is 9.97. The Morgan fingerprint density at radius 1 is 1.22 bits per heavy atom. The Bertz CT molecular complexity index is 871. The van der Waals surface area contributed by atoms with Gasteiger partial charge in [-0.15, -0.1) is 0 Å². The van der Waals surface area contributed by atoms with Crippen LogP contribution in [0.4, 0.5) is 4.39 Å². The number of hydrogen-bond acceptors (Lipinski definition) is 7. The highest BCUT2D eigenvalue weighted by molar-refractivity contribution is 8.16. The van der Waals surface area contributed by atoms with Gasteiger partial charge in [0.25, 0.3) is 0 Å². The number of thioether (sulfide) groups is 1. The number of hydrogen-bond donors (Lipinski definition) is 0. The fraction of sp³-hybridized carbons (Fsp3) is 0.316. The summed E-state index contributed by atoms with van der Waals surface area (Å²) in [6, 6.07) is 8.46. The van der Waals surface area contributed by atoms with E-state index in [0.29, 0.717) is 12.6 Å². The van der Waals surface area contributed by atoms with Gasteiger partial charge in [-0.1, -0.05) is 23.9 Å². The lowest BCUT2D eigenvalue weighted by molar-refractivity contribution is 0.243. The van der Waals surface area contributed by atoms with Gasteiger partial charge in [-0.05, 0) is 43.3 Å². The third kappa shape index (κ3) is 3.81. The summed E-state index contributed by atoms with van der Waals surface area (Å²) in [6.45, 7) is 1.30. The molecule has 0 aliphatic carbocycles. The molecule has 2 aliphatic rings. The highest BCUT2D eigenvalue weighted by Gasteiger charge is 2.40. The average Bonchev–Trinajstić information content (AvgIpc) is 3.23. The zero-order valence-corrected chi connectivity index (χ0v) is 15.9. The molecule has 140 valence electrons. The minimum atomic E-state index is -0.255. The molecule has 2 unspecified atom stereocenters. The van der Waals surface area contributed by atoms with Crippen molar-refractivity contribution in [3.63, 3.8) is 0 Å². The monoisotopic (exact) mass is 385 g/mol. The maximum Gasteiger partial charge on any atom is 0.316 e. The van der Waals surface area contributed by atoms with E-state index in [1.807, 2.05) is 36.7 Å². The smallest absolute Gasteiger partial charge is 0.316 e. The van der Waals surface area contributed by atoms with Crippen LogP contribution in [0.2, 0.25) is 0 Å². The molecule has 2 aromatic rings. The molecular weight excluding hydrogens is 365 g/mol. The Kier molecular flexibility index (Phi) is 5.09. The molecule has 0 amide bonds. The van der Waals surface area contributed by atoms with E-state index in [2.05, 4.69) is 14.9 Å². The van der Waals surface area contributed by atoms with Crippen molar-refractivity contribution in [2.75, 3.05) is 27.2 Å². The first-order valence-electron chi connectivity index (χ1n) is 8.67. The van der Waals surface area contributed by atoms with Gasteiger partial charge in [0.15, 0.2) is 5.17 Å². The van der Waals surface area contributed by atoms with Crippen molar-refractivity contribution in [1.29, 1.82) is 0 Å². The lowest BCUT2D eigenvalue weighted by Crippen LogP contribution is -2.24. The first kappa shape index (κ1) is 17.9. The van der Waals surface area contributed by atoms with Crippen molar-refractivity contribution in [2.24, 2.45) is 4.99 Å². The number of fused-ring (bicyclic) bond motifs is 1. The minimum absolute atomic E-state index is 0.115. The summed E-state index contributed by atoms with van der Waals surface area (Å²) in [4.78, 5) is 17.8. The van der Waals surface area contributed by atoms with Crippen LogP contribution in [-0.2, 0) is 0 Å². The summed E-state index contributed by atoms with van der Waals surface area (Å²) in [5.74, 6) is -0.255. The van der Waals surface area contributed by atoms with Crippen molar-refractivity contribution in [3.8, 4) is 6.01 Å². The molecule has 4 rings (SSSR count). The van der Waals surface area contributed by atoms with Crippen molar-refractivity contribution in [1.82, 2.24) is 19.8 Å². The Morgan fingerprint density at radius 2 is 2.04 bits per heavy atom. The number of ether oxygens (including phenoxy) is 1. The van der Waals surface area contributed by atoms with Crippen LogP contribution in [0.3, 0.4) is 0 Å². The van der Waals surface area contributed by atoms with Gasteiger partial charge in [0, 0.05) is 18.9 Å². The highest BCUT2D eigenvalue weighted by Crippen LogP contribution is 2.46. The fourth-order valence-corrected chi connectivity index (χ4v) is 3.85. The Balaban J connectivity index is 1.61. The topological polar surface area (TPSA) is 53.9 Å². The third-order valence-corrected chi connectivity index (χ3v) is 5.19. The van der Waals surface area contributed by atoms with E-state index in [4.69, 9.17) is 9.73 Å². The maximum absolute atomic E-state index is 13.4. The van der Waals surface area contributed by atoms with Crippen LogP contribution < -0.4 is 4.74 Å². The van der Waals surface area contributed by atoms with Gasteiger partial charge >= 0.3 is 6.01 Å². The molecule has 1 aromatic heterocycles. The second-order valence-electron chi connectivity index (χ2n) is 6.58. The third-order valence-electron chi connectivity index (χ3n) is 4.40. The molecule has 0 radical (unpaired) electrons. The van der Waals surface area contributed by atoms with Crippen LogP contribution >= 0.6 is 11.8 Å². The largest absolute Gasteiger partial charge is 0.462 e. The van der Waals surface area contributed by atoms with E-state index >= 15 is 0 Å². The number of rotatable bonds is 6. The van der Waals surface area contributed by atoms with Crippen LogP contribution in [-0.4, -0.2) is 52.2 Å². The fourth-order valence-electron chi connectivity index (χ4n) is 3.06. The number of aliphatic imine (C=N–C) groups is 1. The molecule has 0 bridgehead atoms. The molecule has 8 heteroatoms. The molecule has 0 fully saturated rings. The molecular formula is C19H20FN5OS. The minimum Gasteiger partial charge on any atom is -0.462 e. The van der Waals surface area contributed by atoms with Gasteiger partial charge in [-0.3, -0.25) is 4.99 Å². The van der Waals surface area contributed by atoms with Crippen LogP contribution in [0.25, 0.3) is 0 Å². The first-order valence-corrected chi connectivity index (χ1v) is 9.55. The molecule has 0 saturated carbocycles. The maximum atomic E-state index is 13.4.